The third-order valence-electron chi connectivity index (χ3n) is 4.46. The van der Waals surface area contributed by atoms with Gasteiger partial charge in [0.1, 0.15) is 0 Å². The van der Waals surface area contributed by atoms with E-state index in [1.807, 2.05) is 45.9 Å². The average molecular weight is 316 g/mol. The van der Waals surface area contributed by atoms with Crippen LogP contribution in [-0.2, 0) is 14.0 Å². The lowest BCUT2D eigenvalue weighted by atomic mass is 9.79. The van der Waals surface area contributed by atoms with Crippen molar-refractivity contribution in [3.8, 4) is 0 Å². The van der Waals surface area contributed by atoms with Crippen molar-refractivity contribution in [2.24, 2.45) is 0 Å². The molecule has 1 aliphatic heterocycles. The second kappa shape index (κ2) is 6.89. The summed E-state index contributed by atoms with van der Waals surface area (Å²) >= 11 is 0. The molecule has 5 heteroatoms. The highest BCUT2D eigenvalue weighted by Gasteiger charge is 2.51. The summed E-state index contributed by atoms with van der Waals surface area (Å²) < 4.78 is 17.2. The molecule has 2 rings (SSSR count). The van der Waals surface area contributed by atoms with Crippen LogP contribution in [0.15, 0.2) is 36.9 Å². The summed E-state index contributed by atoms with van der Waals surface area (Å²) in [6, 6.07) is 7.19. The molecule has 4 nitrogen and oxygen atoms in total. The molecule has 23 heavy (non-hydrogen) atoms. The molecule has 1 aliphatic rings. The van der Waals surface area contributed by atoms with E-state index in [2.05, 4.69) is 6.58 Å². The van der Waals surface area contributed by atoms with Gasteiger partial charge in [0.2, 0.25) is 0 Å². The minimum Gasteiger partial charge on any atom is -0.462 e. The first-order chi connectivity index (χ1) is 10.8. The van der Waals surface area contributed by atoms with Crippen LogP contribution in [0.25, 0.3) is 0 Å². The summed E-state index contributed by atoms with van der Waals surface area (Å²) in [6.45, 7) is 12.1. The van der Waals surface area contributed by atoms with E-state index in [-0.39, 0.29) is 17.2 Å². The summed E-state index contributed by atoms with van der Waals surface area (Å²) in [7, 11) is -0.419. The van der Waals surface area contributed by atoms with Crippen LogP contribution in [0.3, 0.4) is 0 Å². The Morgan fingerprint density at radius 1 is 1.17 bits per heavy atom. The van der Waals surface area contributed by atoms with Gasteiger partial charge in [-0.15, -0.1) is 6.58 Å². The first-order valence-electron chi connectivity index (χ1n) is 8.00. The quantitative estimate of drug-likeness (QED) is 0.350. The Balaban J connectivity index is 1.98. The number of carbonyl (C=O) groups excluding carboxylic acids is 1. The second-order valence-electron chi connectivity index (χ2n) is 6.78. The number of esters is 1. The molecule has 0 N–H and O–H groups in total. The van der Waals surface area contributed by atoms with Crippen LogP contribution in [0.5, 0.6) is 0 Å². The standard InChI is InChI=1S/C18H25BO4/c1-6-7-8-13-21-16(20)14-9-11-15(12-10-14)19-22-17(2,3)18(4,5)23-19/h6,9-12H,1,7-8,13H2,2-5H3. The number of allylic oxidation sites excluding steroid dienone is 1. The number of hydrogen-bond acceptors (Lipinski definition) is 4. The molecule has 124 valence electrons. The molecule has 1 saturated heterocycles. The highest BCUT2D eigenvalue weighted by atomic mass is 16.7. The van der Waals surface area contributed by atoms with Crippen molar-refractivity contribution in [1.29, 1.82) is 0 Å². The van der Waals surface area contributed by atoms with E-state index in [9.17, 15) is 4.79 Å². The molecule has 0 spiro atoms. The largest absolute Gasteiger partial charge is 0.494 e. The van der Waals surface area contributed by atoms with Crippen molar-refractivity contribution in [3.05, 3.63) is 42.5 Å². The van der Waals surface area contributed by atoms with Crippen LogP contribution in [0.2, 0.25) is 0 Å². The fourth-order valence-corrected chi connectivity index (χ4v) is 2.23. The van der Waals surface area contributed by atoms with Gasteiger partial charge >= 0.3 is 13.1 Å². The molecule has 0 bridgehead atoms. The van der Waals surface area contributed by atoms with Crippen molar-refractivity contribution in [1.82, 2.24) is 0 Å². The van der Waals surface area contributed by atoms with Gasteiger partial charge in [0.25, 0.3) is 0 Å². The molecule has 1 aromatic rings. The normalized spacial score (nSPS) is 18.7. The molecule has 1 aromatic carbocycles. The predicted octanol–water partition coefficient (Wildman–Crippen LogP) is 3.11. The van der Waals surface area contributed by atoms with Gasteiger partial charge in [-0.1, -0.05) is 18.2 Å². The van der Waals surface area contributed by atoms with E-state index in [1.54, 1.807) is 12.1 Å². The molecule has 0 aliphatic carbocycles. The maximum Gasteiger partial charge on any atom is 0.494 e. The summed E-state index contributed by atoms with van der Waals surface area (Å²) in [5.41, 5.74) is 0.677. The zero-order valence-electron chi connectivity index (χ0n) is 14.4. The highest BCUT2D eigenvalue weighted by molar-refractivity contribution is 6.62. The van der Waals surface area contributed by atoms with E-state index >= 15 is 0 Å². The average Bonchev–Trinajstić information content (AvgIpc) is 2.72. The third kappa shape index (κ3) is 4.04. The van der Waals surface area contributed by atoms with Crippen LogP contribution in [0.1, 0.15) is 50.9 Å². The molecule has 1 fully saturated rings. The van der Waals surface area contributed by atoms with Gasteiger partial charge < -0.3 is 14.0 Å². The van der Waals surface area contributed by atoms with Crippen molar-refractivity contribution in [3.63, 3.8) is 0 Å². The summed E-state index contributed by atoms with van der Waals surface area (Å²) in [6.07, 6.45) is 3.45. The fraction of sp³-hybridized carbons (Fsp3) is 0.500. The minimum absolute atomic E-state index is 0.311. The smallest absolute Gasteiger partial charge is 0.462 e. The van der Waals surface area contributed by atoms with Crippen molar-refractivity contribution < 1.29 is 18.8 Å². The highest BCUT2D eigenvalue weighted by Crippen LogP contribution is 2.36. The van der Waals surface area contributed by atoms with Crippen LogP contribution < -0.4 is 5.46 Å². The minimum atomic E-state index is -0.419. The van der Waals surface area contributed by atoms with Gasteiger partial charge in [-0.05, 0) is 58.1 Å². The van der Waals surface area contributed by atoms with Gasteiger partial charge in [0.05, 0.1) is 23.4 Å². The van der Waals surface area contributed by atoms with Crippen LogP contribution >= 0.6 is 0 Å². The lowest BCUT2D eigenvalue weighted by molar-refractivity contribution is 0.00578. The Kier molecular flexibility index (Phi) is 5.32. The molecular weight excluding hydrogens is 291 g/mol. The fourth-order valence-electron chi connectivity index (χ4n) is 2.23. The number of hydrogen-bond donors (Lipinski definition) is 0. The van der Waals surface area contributed by atoms with E-state index in [4.69, 9.17) is 14.0 Å². The van der Waals surface area contributed by atoms with Gasteiger partial charge in [-0.3, -0.25) is 0 Å². The summed E-state index contributed by atoms with van der Waals surface area (Å²) in [5.74, 6) is -0.311. The van der Waals surface area contributed by atoms with Gasteiger partial charge in [-0.2, -0.15) is 0 Å². The predicted molar refractivity (Wildman–Crippen MR) is 91.9 cm³/mol. The molecule has 0 saturated carbocycles. The SMILES string of the molecule is C=CCCCOC(=O)c1ccc(B2OC(C)(C)C(C)(C)O2)cc1. The molecule has 0 radical (unpaired) electrons. The van der Waals surface area contributed by atoms with Crippen LogP contribution in [0, 0.1) is 0 Å². The van der Waals surface area contributed by atoms with Crippen molar-refractivity contribution in [2.45, 2.75) is 51.7 Å². The first-order valence-corrected chi connectivity index (χ1v) is 8.00. The second-order valence-corrected chi connectivity index (χ2v) is 6.78. The van der Waals surface area contributed by atoms with Gasteiger partial charge in [0.15, 0.2) is 0 Å². The first kappa shape index (κ1) is 17.8. The number of benzene rings is 1. The Morgan fingerprint density at radius 2 is 1.74 bits per heavy atom. The molecule has 0 aromatic heterocycles. The Hall–Kier alpha value is -1.59. The van der Waals surface area contributed by atoms with Crippen LogP contribution in [-0.4, -0.2) is 30.9 Å². The zero-order valence-corrected chi connectivity index (χ0v) is 14.4. The Bertz CT molecular complexity index is 547. The maximum absolute atomic E-state index is 11.9. The van der Waals surface area contributed by atoms with E-state index in [0.29, 0.717) is 12.2 Å². The van der Waals surface area contributed by atoms with Gasteiger partial charge in [-0.25, -0.2) is 4.79 Å². The maximum atomic E-state index is 11.9. The molecular formula is C18H25BO4. The Labute approximate surface area is 139 Å². The van der Waals surface area contributed by atoms with E-state index in [0.717, 1.165) is 18.3 Å². The molecule has 0 atom stereocenters. The third-order valence-corrected chi connectivity index (χ3v) is 4.46. The number of carbonyl (C=O) groups is 1. The summed E-state index contributed by atoms with van der Waals surface area (Å²) in [4.78, 5) is 11.9. The van der Waals surface area contributed by atoms with Crippen LogP contribution in [0.4, 0.5) is 0 Å². The molecule has 0 amide bonds. The number of ether oxygens (including phenoxy) is 1. The summed E-state index contributed by atoms with van der Waals surface area (Å²) in [5, 5.41) is 0. The monoisotopic (exact) mass is 316 g/mol. The van der Waals surface area contributed by atoms with E-state index in [1.165, 1.54) is 0 Å². The van der Waals surface area contributed by atoms with Crippen molar-refractivity contribution >= 4 is 18.6 Å². The molecule has 1 heterocycles. The van der Waals surface area contributed by atoms with Crippen molar-refractivity contribution in [2.75, 3.05) is 6.61 Å². The number of rotatable bonds is 6. The Morgan fingerprint density at radius 3 is 2.26 bits per heavy atom. The van der Waals surface area contributed by atoms with Gasteiger partial charge in [0, 0.05) is 0 Å². The topological polar surface area (TPSA) is 44.8 Å². The zero-order chi connectivity index (χ0) is 17.1. The molecule has 0 unspecified atom stereocenters. The lowest BCUT2D eigenvalue weighted by Gasteiger charge is -2.32. The lowest BCUT2D eigenvalue weighted by Crippen LogP contribution is -2.41. The van der Waals surface area contributed by atoms with E-state index < -0.39 is 7.12 Å². The number of unbranched alkanes of at least 4 members (excludes halogenated alkanes) is 1.